The van der Waals surface area contributed by atoms with Crippen molar-refractivity contribution in [2.45, 2.75) is 18.9 Å². The Labute approximate surface area is 138 Å². The molecule has 0 spiro atoms. The van der Waals surface area contributed by atoms with E-state index < -0.39 is 0 Å². The maximum absolute atomic E-state index is 12.4. The van der Waals surface area contributed by atoms with E-state index in [4.69, 9.17) is 4.52 Å². The molecule has 1 aliphatic rings. The van der Waals surface area contributed by atoms with Crippen molar-refractivity contribution in [1.82, 2.24) is 29.8 Å². The lowest BCUT2D eigenvalue weighted by Crippen LogP contribution is -2.50. The van der Waals surface area contributed by atoms with E-state index in [1.807, 2.05) is 37.3 Å². The highest BCUT2D eigenvalue weighted by Gasteiger charge is 2.37. The molecule has 8 nitrogen and oxygen atoms in total. The van der Waals surface area contributed by atoms with Crippen LogP contribution in [0.3, 0.4) is 0 Å². The first-order valence-electron chi connectivity index (χ1n) is 7.74. The van der Waals surface area contributed by atoms with E-state index in [0.29, 0.717) is 24.8 Å². The van der Waals surface area contributed by atoms with Crippen molar-refractivity contribution in [3.63, 3.8) is 0 Å². The molecule has 0 saturated carbocycles. The van der Waals surface area contributed by atoms with Gasteiger partial charge in [0.25, 0.3) is 0 Å². The summed E-state index contributed by atoms with van der Waals surface area (Å²) in [5, 5.41) is 8.03. The van der Waals surface area contributed by atoms with Gasteiger partial charge in [-0.25, -0.2) is 9.67 Å². The summed E-state index contributed by atoms with van der Waals surface area (Å²) in [6.45, 7) is 2.97. The van der Waals surface area contributed by atoms with E-state index in [1.54, 1.807) is 15.9 Å². The number of hydrogen-bond donors (Lipinski definition) is 0. The Morgan fingerprint density at radius 1 is 1.29 bits per heavy atom. The van der Waals surface area contributed by atoms with Crippen LogP contribution in [0.25, 0.3) is 11.4 Å². The predicted octanol–water partition coefficient (Wildman–Crippen LogP) is 1.52. The average molecular weight is 324 g/mol. The molecular weight excluding hydrogens is 308 g/mol. The zero-order valence-corrected chi connectivity index (χ0v) is 13.1. The van der Waals surface area contributed by atoms with Gasteiger partial charge >= 0.3 is 0 Å². The lowest BCUT2D eigenvalue weighted by atomic mass is 9.99. The van der Waals surface area contributed by atoms with Gasteiger partial charge in [0, 0.05) is 18.7 Å². The Morgan fingerprint density at radius 2 is 2.08 bits per heavy atom. The first kappa shape index (κ1) is 14.6. The molecular formula is C16H16N6O2. The fraction of sp³-hybridized carbons (Fsp3) is 0.312. The molecule has 0 radical (unpaired) electrons. The van der Waals surface area contributed by atoms with Crippen LogP contribution >= 0.6 is 0 Å². The summed E-state index contributed by atoms with van der Waals surface area (Å²) >= 11 is 0. The predicted molar refractivity (Wildman–Crippen MR) is 83.8 cm³/mol. The normalized spacial score (nSPS) is 16.0. The molecule has 0 bridgehead atoms. The van der Waals surface area contributed by atoms with Gasteiger partial charge in [-0.05, 0) is 6.92 Å². The lowest BCUT2D eigenvalue weighted by molar-refractivity contribution is -0.139. The standard InChI is InChI=1S/C16H16N6O2/c1-11(22-10-17-9-18-22)16(23)21-7-13(8-21)15-19-14(20-24-15)12-5-3-2-4-6-12/h2-6,9-11,13H,7-8H2,1H3. The molecule has 1 amide bonds. The first-order chi connectivity index (χ1) is 11.7. The molecule has 3 aromatic rings. The first-order valence-corrected chi connectivity index (χ1v) is 7.74. The molecule has 1 unspecified atom stereocenters. The molecule has 1 aromatic carbocycles. The molecule has 1 aliphatic heterocycles. The van der Waals surface area contributed by atoms with E-state index in [1.165, 1.54) is 6.33 Å². The summed E-state index contributed by atoms with van der Waals surface area (Å²) in [7, 11) is 0. The fourth-order valence-electron chi connectivity index (χ4n) is 2.71. The number of rotatable bonds is 4. The van der Waals surface area contributed by atoms with Crippen molar-refractivity contribution in [2.75, 3.05) is 13.1 Å². The van der Waals surface area contributed by atoms with Crippen molar-refractivity contribution >= 4 is 5.91 Å². The summed E-state index contributed by atoms with van der Waals surface area (Å²) in [5.74, 6) is 1.25. The molecule has 0 aliphatic carbocycles. The van der Waals surface area contributed by atoms with Crippen molar-refractivity contribution in [3.8, 4) is 11.4 Å². The number of nitrogens with zero attached hydrogens (tertiary/aromatic N) is 6. The molecule has 4 rings (SSSR count). The molecule has 1 atom stereocenters. The van der Waals surface area contributed by atoms with Gasteiger partial charge in [0.1, 0.15) is 18.7 Å². The van der Waals surface area contributed by atoms with Crippen LogP contribution in [0.2, 0.25) is 0 Å². The monoisotopic (exact) mass is 324 g/mol. The number of carbonyl (C=O) groups excluding carboxylic acids is 1. The highest BCUT2D eigenvalue weighted by Crippen LogP contribution is 2.29. The Hall–Kier alpha value is -3.03. The molecule has 3 heterocycles. The lowest BCUT2D eigenvalue weighted by Gasteiger charge is -2.38. The van der Waals surface area contributed by atoms with Gasteiger partial charge < -0.3 is 9.42 Å². The van der Waals surface area contributed by atoms with Crippen LogP contribution in [0.5, 0.6) is 0 Å². The third kappa shape index (κ3) is 2.55. The van der Waals surface area contributed by atoms with Crippen LogP contribution in [0.15, 0.2) is 47.5 Å². The smallest absolute Gasteiger partial charge is 0.247 e. The van der Waals surface area contributed by atoms with Gasteiger partial charge in [-0.15, -0.1) is 0 Å². The van der Waals surface area contributed by atoms with E-state index in [9.17, 15) is 4.79 Å². The molecule has 1 saturated heterocycles. The minimum atomic E-state index is -0.365. The second-order valence-corrected chi connectivity index (χ2v) is 5.81. The van der Waals surface area contributed by atoms with Gasteiger partial charge in [0.2, 0.25) is 17.6 Å². The van der Waals surface area contributed by atoms with Gasteiger partial charge in [0.15, 0.2) is 0 Å². The summed E-state index contributed by atoms with van der Waals surface area (Å²) < 4.78 is 6.91. The minimum Gasteiger partial charge on any atom is -0.339 e. The van der Waals surface area contributed by atoms with Crippen LogP contribution in [-0.4, -0.2) is 48.8 Å². The number of benzene rings is 1. The SMILES string of the molecule is CC(C(=O)N1CC(c2nc(-c3ccccc3)no2)C1)n1cncn1. The van der Waals surface area contributed by atoms with Gasteiger partial charge in [0.05, 0.1) is 5.92 Å². The zero-order chi connectivity index (χ0) is 16.5. The Balaban J connectivity index is 1.39. The number of amides is 1. The number of hydrogen-bond acceptors (Lipinski definition) is 6. The fourth-order valence-corrected chi connectivity index (χ4v) is 2.71. The summed E-state index contributed by atoms with van der Waals surface area (Å²) in [6, 6.07) is 9.31. The van der Waals surface area contributed by atoms with Gasteiger partial charge in [-0.3, -0.25) is 4.79 Å². The maximum Gasteiger partial charge on any atom is 0.247 e. The second-order valence-electron chi connectivity index (χ2n) is 5.81. The third-order valence-corrected chi connectivity index (χ3v) is 4.21. The number of carbonyl (C=O) groups is 1. The Kier molecular flexibility index (Phi) is 3.56. The zero-order valence-electron chi connectivity index (χ0n) is 13.1. The van der Waals surface area contributed by atoms with Crippen molar-refractivity contribution in [1.29, 1.82) is 0 Å². The summed E-state index contributed by atoms with van der Waals surface area (Å²) in [5.41, 5.74) is 0.916. The summed E-state index contributed by atoms with van der Waals surface area (Å²) in [4.78, 5) is 22.5. The number of aromatic nitrogens is 5. The Bertz CT molecular complexity index is 823. The number of likely N-dealkylation sites (tertiary alicyclic amines) is 1. The van der Waals surface area contributed by atoms with Crippen molar-refractivity contribution < 1.29 is 9.32 Å². The third-order valence-electron chi connectivity index (χ3n) is 4.21. The van der Waals surface area contributed by atoms with Crippen LogP contribution < -0.4 is 0 Å². The molecule has 0 N–H and O–H groups in total. The van der Waals surface area contributed by atoms with Crippen LogP contribution in [0.1, 0.15) is 24.8 Å². The van der Waals surface area contributed by atoms with Crippen molar-refractivity contribution in [2.24, 2.45) is 0 Å². The van der Waals surface area contributed by atoms with Crippen LogP contribution in [-0.2, 0) is 4.79 Å². The molecule has 8 heteroatoms. The van der Waals surface area contributed by atoms with Crippen LogP contribution in [0.4, 0.5) is 0 Å². The average Bonchev–Trinajstić information content (AvgIpc) is 3.25. The highest BCUT2D eigenvalue weighted by atomic mass is 16.5. The highest BCUT2D eigenvalue weighted by molar-refractivity contribution is 5.80. The molecule has 2 aromatic heterocycles. The molecule has 122 valence electrons. The van der Waals surface area contributed by atoms with E-state index >= 15 is 0 Å². The quantitative estimate of drug-likeness (QED) is 0.722. The molecule has 24 heavy (non-hydrogen) atoms. The van der Waals surface area contributed by atoms with Crippen LogP contribution in [0, 0.1) is 0 Å². The van der Waals surface area contributed by atoms with E-state index in [0.717, 1.165) is 5.56 Å². The minimum absolute atomic E-state index is 0.0135. The second kappa shape index (κ2) is 5.88. The van der Waals surface area contributed by atoms with E-state index in [2.05, 4.69) is 20.2 Å². The summed E-state index contributed by atoms with van der Waals surface area (Å²) in [6.07, 6.45) is 2.97. The van der Waals surface area contributed by atoms with Gasteiger partial charge in [-0.2, -0.15) is 10.1 Å². The Morgan fingerprint density at radius 3 is 2.79 bits per heavy atom. The van der Waals surface area contributed by atoms with Crippen molar-refractivity contribution in [3.05, 3.63) is 48.9 Å². The maximum atomic E-state index is 12.4. The van der Waals surface area contributed by atoms with E-state index in [-0.39, 0.29) is 17.9 Å². The molecule has 1 fully saturated rings. The van der Waals surface area contributed by atoms with Gasteiger partial charge in [-0.1, -0.05) is 35.5 Å². The largest absolute Gasteiger partial charge is 0.339 e. The topological polar surface area (TPSA) is 89.9 Å².